The first-order valence-electron chi connectivity index (χ1n) is 14.2. The molecule has 2 saturated heterocycles. The highest BCUT2D eigenvalue weighted by molar-refractivity contribution is 7.92. The van der Waals surface area contributed by atoms with Gasteiger partial charge in [0, 0.05) is 48.3 Å². The first-order valence-corrected chi connectivity index (χ1v) is 18.1. The molecule has 2 aliphatic heterocycles. The standard InChI is InChI=1S/C29H35N3O8S3/c1-2-38-23-10-8-22(9-11-23)25-12-13-26(41-25)29(20-27(33)31-40-28-7-3-4-18-39-28)14-16-32(17-19-42(29,34)35)43(36,37)24-6-5-15-30-21-24/h5-6,8-13,15,21,28H,2-4,7,14,16-20H2,1H3,(H,31,33). The summed E-state index contributed by atoms with van der Waals surface area (Å²) in [5.74, 6) is -0.362. The van der Waals surface area contributed by atoms with Gasteiger partial charge in [-0.3, -0.25) is 9.78 Å². The van der Waals surface area contributed by atoms with Crippen molar-refractivity contribution in [2.45, 2.75) is 55.0 Å². The third kappa shape index (κ3) is 6.94. The predicted octanol–water partition coefficient (Wildman–Crippen LogP) is 3.88. The van der Waals surface area contributed by atoms with Crippen molar-refractivity contribution < 1.29 is 35.9 Å². The molecule has 14 heteroatoms. The largest absolute Gasteiger partial charge is 0.494 e. The number of ether oxygens (including phenoxy) is 2. The third-order valence-electron chi connectivity index (χ3n) is 7.64. The normalized spacial score (nSPS) is 22.9. The van der Waals surface area contributed by atoms with Gasteiger partial charge in [-0.2, -0.15) is 4.31 Å². The van der Waals surface area contributed by atoms with Gasteiger partial charge in [0.1, 0.15) is 15.4 Å². The SMILES string of the molecule is CCOc1ccc(-c2ccc(C3(CC(=O)NOC4CCCCO4)CCN(S(=O)(=O)c4cccnc4)CCS3(=O)=O)s2)cc1. The summed E-state index contributed by atoms with van der Waals surface area (Å²) >= 11 is 1.27. The molecular formula is C29H35N3O8S3. The number of rotatable bonds is 10. The Morgan fingerprint density at radius 2 is 1.98 bits per heavy atom. The molecule has 2 atom stereocenters. The molecule has 3 aromatic rings. The molecule has 11 nitrogen and oxygen atoms in total. The number of sulfonamides is 1. The van der Waals surface area contributed by atoms with E-state index in [4.69, 9.17) is 14.3 Å². The van der Waals surface area contributed by atoms with E-state index in [1.165, 1.54) is 35.9 Å². The van der Waals surface area contributed by atoms with E-state index in [1.54, 1.807) is 6.07 Å². The van der Waals surface area contributed by atoms with Gasteiger partial charge in [-0.05, 0) is 80.3 Å². The molecule has 0 radical (unpaired) electrons. The predicted molar refractivity (Wildman–Crippen MR) is 161 cm³/mol. The van der Waals surface area contributed by atoms with Crippen LogP contribution in [0.2, 0.25) is 0 Å². The van der Waals surface area contributed by atoms with Crippen LogP contribution in [-0.2, 0) is 39.0 Å². The van der Waals surface area contributed by atoms with Crippen LogP contribution in [0, 0.1) is 0 Å². The van der Waals surface area contributed by atoms with E-state index in [0.717, 1.165) is 33.3 Å². The Kier molecular flexibility index (Phi) is 9.83. The molecule has 0 aliphatic carbocycles. The monoisotopic (exact) mass is 649 g/mol. The lowest BCUT2D eigenvalue weighted by Gasteiger charge is -2.31. The number of thiophene rings is 1. The van der Waals surface area contributed by atoms with E-state index >= 15 is 0 Å². The van der Waals surface area contributed by atoms with Crippen LogP contribution < -0.4 is 10.2 Å². The highest BCUT2D eigenvalue weighted by Crippen LogP contribution is 2.45. The summed E-state index contributed by atoms with van der Waals surface area (Å²) in [7, 11) is -8.06. The smallest absolute Gasteiger partial charge is 0.245 e. The number of hydrogen-bond acceptors (Lipinski definition) is 10. The number of benzene rings is 1. The fourth-order valence-electron chi connectivity index (χ4n) is 5.29. The molecule has 0 saturated carbocycles. The topological polar surface area (TPSA) is 141 Å². The molecule has 232 valence electrons. The average molecular weight is 650 g/mol. The molecule has 1 N–H and O–H groups in total. The zero-order valence-electron chi connectivity index (χ0n) is 23.8. The minimum Gasteiger partial charge on any atom is -0.494 e. The molecule has 1 aromatic carbocycles. The van der Waals surface area contributed by atoms with Crippen LogP contribution in [0.5, 0.6) is 5.75 Å². The average Bonchev–Trinajstić information content (AvgIpc) is 3.46. The van der Waals surface area contributed by atoms with E-state index in [-0.39, 0.29) is 24.4 Å². The van der Waals surface area contributed by atoms with Crippen molar-refractivity contribution in [1.82, 2.24) is 14.8 Å². The van der Waals surface area contributed by atoms with E-state index < -0.39 is 49.0 Å². The fourth-order valence-corrected chi connectivity index (χ4v) is 10.4. The Labute approximate surface area is 256 Å². The number of hydrogen-bond donors (Lipinski definition) is 1. The summed E-state index contributed by atoms with van der Waals surface area (Å²) in [5.41, 5.74) is 3.26. The summed E-state index contributed by atoms with van der Waals surface area (Å²) < 4.78 is 65.7. The van der Waals surface area contributed by atoms with Gasteiger partial charge in [-0.25, -0.2) is 27.2 Å². The van der Waals surface area contributed by atoms with Gasteiger partial charge < -0.3 is 9.47 Å². The number of hydroxylamine groups is 1. The molecule has 2 fully saturated rings. The maximum absolute atomic E-state index is 14.1. The van der Waals surface area contributed by atoms with Crippen LogP contribution in [-0.4, -0.2) is 70.4 Å². The fraction of sp³-hybridized carbons (Fsp3) is 0.448. The number of carbonyl (C=O) groups excluding carboxylic acids is 1. The molecule has 2 aromatic heterocycles. The third-order valence-corrected chi connectivity index (χ3v) is 13.5. The highest BCUT2D eigenvalue weighted by atomic mass is 32.2. The van der Waals surface area contributed by atoms with Crippen LogP contribution >= 0.6 is 11.3 Å². The maximum atomic E-state index is 14.1. The summed E-state index contributed by atoms with van der Waals surface area (Å²) in [6.45, 7) is 2.61. The van der Waals surface area contributed by atoms with E-state index in [2.05, 4.69) is 10.5 Å². The Morgan fingerprint density at radius 3 is 2.67 bits per heavy atom. The summed E-state index contributed by atoms with van der Waals surface area (Å²) in [6, 6.07) is 14.0. The molecule has 0 spiro atoms. The maximum Gasteiger partial charge on any atom is 0.245 e. The number of amides is 1. The number of pyridine rings is 1. The minimum absolute atomic E-state index is 0.0209. The zero-order valence-corrected chi connectivity index (χ0v) is 26.3. The summed E-state index contributed by atoms with van der Waals surface area (Å²) in [4.78, 5) is 23.9. The van der Waals surface area contributed by atoms with Gasteiger partial charge in [0.25, 0.3) is 0 Å². The van der Waals surface area contributed by atoms with Crippen LogP contribution in [0.4, 0.5) is 0 Å². The second kappa shape index (κ2) is 13.4. The van der Waals surface area contributed by atoms with Gasteiger partial charge in [-0.15, -0.1) is 11.3 Å². The molecule has 43 heavy (non-hydrogen) atoms. The van der Waals surface area contributed by atoms with Crippen LogP contribution in [0.25, 0.3) is 10.4 Å². The molecule has 1 amide bonds. The number of carbonyl (C=O) groups is 1. The minimum atomic E-state index is -4.05. The number of sulfone groups is 1. The van der Waals surface area contributed by atoms with Gasteiger partial charge >= 0.3 is 0 Å². The lowest BCUT2D eigenvalue weighted by Crippen LogP contribution is -2.43. The summed E-state index contributed by atoms with van der Waals surface area (Å²) in [6.07, 6.45) is 3.95. The quantitative estimate of drug-likeness (QED) is 0.324. The van der Waals surface area contributed by atoms with Crippen molar-refractivity contribution in [2.75, 3.05) is 32.1 Å². The van der Waals surface area contributed by atoms with Gasteiger partial charge in [0.15, 0.2) is 16.1 Å². The van der Waals surface area contributed by atoms with Gasteiger partial charge in [0.05, 0.1) is 18.8 Å². The Balaban J connectivity index is 1.47. The van der Waals surface area contributed by atoms with E-state index in [1.807, 2.05) is 37.3 Å². The zero-order chi connectivity index (χ0) is 30.5. The Hall–Kier alpha value is -2.88. The second-order valence-corrected chi connectivity index (χ2v) is 15.8. The highest BCUT2D eigenvalue weighted by Gasteiger charge is 2.50. The molecule has 0 bridgehead atoms. The summed E-state index contributed by atoms with van der Waals surface area (Å²) in [5, 5.41) is 0. The van der Waals surface area contributed by atoms with Gasteiger partial charge in [0.2, 0.25) is 15.9 Å². The number of aromatic nitrogens is 1. The number of nitrogens with zero attached hydrogens (tertiary/aromatic N) is 2. The van der Waals surface area contributed by atoms with Crippen molar-refractivity contribution in [3.05, 3.63) is 65.8 Å². The van der Waals surface area contributed by atoms with Crippen LogP contribution in [0.3, 0.4) is 0 Å². The van der Waals surface area contributed by atoms with Crippen LogP contribution in [0.15, 0.2) is 65.8 Å². The molecule has 2 aliphatic rings. The molecular weight excluding hydrogens is 615 g/mol. The van der Waals surface area contributed by atoms with Crippen LogP contribution in [0.1, 0.15) is 43.9 Å². The van der Waals surface area contributed by atoms with E-state index in [9.17, 15) is 21.6 Å². The van der Waals surface area contributed by atoms with Crippen molar-refractivity contribution in [3.8, 4) is 16.2 Å². The molecule has 2 unspecified atom stereocenters. The number of nitrogens with one attached hydrogen (secondary N) is 1. The Bertz CT molecular complexity index is 1610. The van der Waals surface area contributed by atoms with Crippen molar-refractivity contribution >= 4 is 37.1 Å². The van der Waals surface area contributed by atoms with Gasteiger partial charge in [-0.1, -0.05) is 0 Å². The molecule has 5 rings (SSSR count). The first kappa shape index (κ1) is 31.5. The lowest BCUT2D eigenvalue weighted by atomic mass is 9.97. The first-order chi connectivity index (χ1) is 20.6. The van der Waals surface area contributed by atoms with E-state index in [0.29, 0.717) is 24.5 Å². The van der Waals surface area contributed by atoms with Crippen molar-refractivity contribution in [2.24, 2.45) is 0 Å². The van der Waals surface area contributed by atoms with Crippen molar-refractivity contribution in [3.63, 3.8) is 0 Å². The Morgan fingerprint density at radius 1 is 1.16 bits per heavy atom. The lowest BCUT2D eigenvalue weighted by molar-refractivity contribution is -0.200. The van der Waals surface area contributed by atoms with Crippen molar-refractivity contribution in [1.29, 1.82) is 0 Å². The molecule has 4 heterocycles. The second-order valence-electron chi connectivity index (χ2n) is 10.4.